The predicted molar refractivity (Wildman–Crippen MR) is 38.2 cm³/mol. The van der Waals surface area contributed by atoms with E-state index in [1.807, 2.05) is 0 Å². The summed E-state index contributed by atoms with van der Waals surface area (Å²) in [4.78, 5) is 0. The zero-order valence-electron chi connectivity index (χ0n) is 6.73. The van der Waals surface area contributed by atoms with Crippen LogP contribution in [0.4, 0.5) is 0 Å². The number of ether oxygens (including phenoxy) is 2. The van der Waals surface area contributed by atoms with Gasteiger partial charge in [0.05, 0.1) is 12.7 Å². The summed E-state index contributed by atoms with van der Waals surface area (Å²) in [6, 6.07) is 0. The molecule has 0 spiro atoms. The van der Waals surface area contributed by atoms with Crippen molar-refractivity contribution in [3.63, 3.8) is 0 Å². The van der Waals surface area contributed by atoms with Gasteiger partial charge in [0, 0.05) is 7.11 Å². The topological polar surface area (TPSA) is 58.9 Å². The van der Waals surface area contributed by atoms with E-state index in [0.29, 0.717) is 6.61 Å². The van der Waals surface area contributed by atoms with Crippen molar-refractivity contribution in [1.82, 2.24) is 0 Å². The number of rotatable bonds is 2. The minimum absolute atomic E-state index is 0.301. The molecule has 0 aromatic heterocycles. The minimum atomic E-state index is -0.815. The third-order valence-electron chi connectivity index (χ3n) is 1.93. The quantitative estimate of drug-likeness (QED) is 0.555. The van der Waals surface area contributed by atoms with Crippen LogP contribution in [0.3, 0.4) is 0 Å². The van der Waals surface area contributed by atoms with Crippen LogP contribution in [-0.4, -0.2) is 48.3 Å². The molecule has 11 heavy (non-hydrogen) atoms. The maximum atomic E-state index is 9.30. The average Bonchev–Trinajstić information content (AvgIpc) is 2.19. The first kappa shape index (κ1) is 8.93. The molecule has 0 aliphatic carbocycles. The Balaban J connectivity index is 2.45. The van der Waals surface area contributed by atoms with Crippen LogP contribution >= 0.6 is 0 Å². The van der Waals surface area contributed by atoms with Gasteiger partial charge in [-0.25, -0.2) is 0 Å². The van der Waals surface area contributed by atoms with Gasteiger partial charge < -0.3 is 19.7 Å². The van der Waals surface area contributed by atoms with Crippen LogP contribution in [-0.2, 0) is 9.47 Å². The Labute approximate surface area is 65.7 Å². The van der Waals surface area contributed by atoms with Gasteiger partial charge in [-0.05, 0) is 6.92 Å². The van der Waals surface area contributed by atoms with E-state index in [2.05, 4.69) is 0 Å². The number of aliphatic hydroxyl groups is 2. The van der Waals surface area contributed by atoms with Gasteiger partial charge in [0.2, 0.25) is 0 Å². The van der Waals surface area contributed by atoms with E-state index in [4.69, 9.17) is 9.47 Å². The lowest BCUT2D eigenvalue weighted by atomic mass is 10.1. The fourth-order valence-electron chi connectivity index (χ4n) is 1.24. The highest BCUT2D eigenvalue weighted by molar-refractivity contribution is 4.87. The molecule has 1 saturated heterocycles. The molecule has 66 valence electrons. The molecular formula is C7H14O4. The van der Waals surface area contributed by atoms with E-state index in [0.717, 1.165) is 0 Å². The second-order valence-electron chi connectivity index (χ2n) is 2.82. The molecule has 4 nitrogen and oxygen atoms in total. The summed E-state index contributed by atoms with van der Waals surface area (Å²) < 4.78 is 10.00. The molecule has 0 aromatic rings. The highest BCUT2D eigenvalue weighted by atomic mass is 16.6. The van der Waals surface area contributed by atoms with Crippen molar-refractivity contribution in [2.24, 2.45) is 0 Å². The molecule has 0 aromatic carbocycles. The van der Waals surface area contributed by atoms with Crippen LogP contribution in [0.1, 0.15) is 6.92 Å². The van der Waals surface area contributed by atoms with Crippen LogP contribution < -0.4 is 0 Å². The number of hydrogen-bond acceptors (Lipinski definition) is 4. The van der Waals surface area contributed by atoms with Crippen LogP contribution in [0.15, 0.2) is 0 Å². The zero-order chi connectivity index (χ0) is 8.43. The van der Waals surface area contributed by atoms with Gasteiger partial charge in [0.15, 0.2) is 0 Å². The average molecular weight is 162 g/mol. The van der Waals surface area contributed by atoms with Crippen molar-refractivity contribution in [2.75, 3.05) is 13.7 Å². The van der Waals surface area contributed by atoms with Gasteiger partial charge in [0.25, 0.3) is 0 Å². The van der Waals surface area contributed by atoms with Gasteiger partial charge >= 0.3 is 0 Å². The first-order valence-electron chi connectivity index (χ1n) is 3.67. The van der Waals surface area contributed by atoms with Crippen LogP contribution in [0.2, 0.25) is 0 Å². The fraction of sp³-hybridized carbons (Fsp3) is 1.00. The third kappa shape index (κ3) is 1.70. The third-order valence-corrected chi connectivity index (χ3v) is 1.93. The highest BCUT2D eigenvalue weighted by Crippen LogP contribution is 2.20. The summed E-state index contributed by atoms with van der Waals surface area (Å²) in [5, 5.41) is 18.5. The molecule has 4 heteroatoms. The second kappa shape index (κ2) is 3.49. The first-order valence-corrected chi connectivity index (χ1v) is 3.67. The van der Waals surface area contributed by atoms with E-state index < -0.39 is 12.2 Å². The van der Waals surface area contributed by atoms with Gasteiger partial charge in [0.1, 0.15) is 18.3 Å². The Morgan fingerprint density at radius 1 is 1.36 bits per heavy atom. The zero-order valence-corrected chi connectivity index (χ0v) is 6.73. The molecule has 1 heterocycles. The monoisotopic (exact) mass is 162 g/mol. The van der Waals surface area contributed by atoms with E-state index >= 15 is 0 Å². The van der Waals surface area contributed by atoms with Crippen molar-refractivity contribution in [2.45, 2.75) is 31.3 Å². The largest absolute Gasteiger partial charge is 0.388 e. The summed E-state index contributed by atoms with van der Waals surface area (Å²) >= 11 is 0. The van der Waals surface area contributed by atoms with E-state index in [1.165, 1.54) is 7.11 Å². The van der Waals surface area contributed by atoms with Gasteiger partial charge in [-0.2, -0.15) is 0 Å². The number of hydrogen-bond donors (Lipinski definition) is 2. The summed E-state index contributed by atoms with van der Waals surface area (Å²) in [5.41, 5.74) is 0. The molecule has 2 N–H and O–H groups in total. The molecule has 0 saturated carbocycles. The normalized spacial score (nSPS) is 44.7. The van der Waals surface area contributed by atoms with E-state index in [9.17, 15) is 10.2 Å². The summed E-state index contributed by atoms with van der Waals surface area (Å²) in [6.45, 7) is 2.05. The van der Waals surface area contributed by atoms with Gasteiger partial charge in [-0.15, -0.1) is 0 Å². The van der Waals surface area contributed by atoms with Crippen molar-refractivity contribution >= 4 is 0 Å². The molecule has 1 aliphatic rings. The Morgan fingerprint density at radius 3 is 2.36 bits per heavy atom. The first-order chi connectivity index (χ1) is 5.16. The molecule has 0 radical (unpaired) electrons. The smallest absolute Gasteiger partial charge is 0.111 e. The Morgan fingerprint density at radius 2 is 2.00 bits per heavy atom. The SMILES string of the molecule is COC[C@H]1O[C@@H](C)C(O)[C@@H]1O. The lowest BCUT2D eigenvalue weighted by Gasteiger charge is -2.12. The lowest BCUT2D eigenvalue weighted by molar-refractivity contribution is -0.0290. The summed E-state index contributed by atoms with van der Waals surface area (Å²) in [5.74, 6) is 0. The molecule has 1 aliphatic heterocycles. The highest BCUT2D eigenvalue weighted by Gasteiger charge is 2.39. The standard InChI is InChI=1S/C7H14O4/c1-4-6(8)7(9)5(11-4)3-10-2/h4-9H,3H2,1-2H3/t4-,5+,6?,7+/m0/s1. The molecule has 0 amide bonds. The molecule has 1 fully saturated rings. The maximum absolute atomic E-state index is 9.30. The van der Waals surface area contributed by atoms with Crippen LogP contribution in [0.25, 0.3) is 0 Å². The maximum Gasteiger partial charge on any atom is 0.111 e. The Hall–Kier alpha value is -0.160. The van der Waals surface area contributed by atoms with Crippen molar-refractivity contribution in [3.8, 4) is 0 Å². The summed E-state index contributed by atoms with van der Waals surface area (Å²) in [6.07, 6.45) is -2.28. The predicted octanol–water partition coefficient (Wildman–Crippen LogP) is -0.858. The Kier molecular flexibility index (Phi) is 2.84. The van der Waals surface area contributed by atoms with E-state index in [-0.39, 0.29) is 12.2 Å². The second-order valence-corrected chi connectivity index (χ2v) is 2.82. The lowest BCUT2D eigenvalue weighted by Crippen LogP contribution is -2.33. The Bertz CT molecular complexity index is 128. The van der Waals surface area contributed by atoms with Gasteiger partial charge in [-0.1, -0.05) is 0 Å². The molecule has 1 rings (SSSR count). The fourth-order valence-corrected chi connectivity index (χ4v) is 1.24. The molecular weight excluding hydrogens is 148 g/mol. The molecule has 4 atom stereocenters. The van der Waals surface area contributed by atoms with Crippen LogP contribution in [0, 0.1) is 0 Å². The van der Waals surface area contributed by atoms with Crippen molar-refractivity contribution in [1.29, 1.82) is 0 Å². The van der Waals surface area contributed by atoms with Crippen molar-refractivity contribution in [3.05, 3.63) is 0 Å². The molecule has 1 unspecified atom stereocenters. The molecule has 0 bridgehead atoms. The summed E-state index contributed by atoms with van der Waals surface area (Å²) in [7, 11) is 1.53. The minimum Gasteiger partial charge on any atom is -0.388 e. The van der Waals surface area contributed by atoms with Gasteiger partial charge in [-0.3, -0.25) is 0 Å². The van der Waals surface area contributed by atoms with Crippen molar-refractivity contribution < 1.29 is 19.7 Å². The van der Waals surface area contributed by atoms with Crippen LogP contribution in [0.5, 0.6) is 0 Å². The number of aliphatic hydroxyl groups excluding tert-OH is 2. The number of methoxy groups -OCH3 is 1. The van der Waals surface area contributed by atoms with E-state index in [1.54, 1.807) is 6.92 Å².